The molecule has 6 aliphatic rings. The van der Waals surface area contributed by atoms with Crippen LogP contribution in [0.15, 0.2) is 72.8 Å². The van der Waals surface area contributed by atoms with Crippen molar-refractivity contribution in [2.24, 2.45) is 47.3 Å². The smallest absolute Gasteiger partial charge is 0.408 e. The zero-order valence-corrected chi connectivity index (χ0v) is 34.3. The second-order valence-corrected chi connectivity index (χ2v) is 18.0. The van der Waals surface area contributed by atoms with Crippen LogP contribution in [0, 0.1) is 47.3 Å². The molecular formula is C44H50N4O12. The molecule has 2 saturated carbocycles. The van der Waals surface area contributed by atoms with Gasteiger partial charge in [-0.1, -0.05) is 72.8 Å². The Bertz CT molecular complexity index is 2040. The van der Waals surface area contributed by atoms with Gasteiger partial charge in [0.05, 0.1) is 23.7 Å². The topological polar surface area (TPSA) is 204 Å². The molecule has 2 aliphatic heterocycles. The Balaban J connectivity index is 1.00. The third kappa shape index (κ3) is 8.36. The van der Waals surface area contributed by atoms with E-state index in [0.29, 0.717) is 0 Å². The number of benzene rings is 2. The van der Waals surface area contributed by atoms with E-state index in [4.69, 9.17) is 18.9 Å². The SMILES string of the molecule is CC(C)(C)OC(=O)NC(Cc1ccccc1)C(=O)OCN1C(=O)C2C3C=CC(C2C1=O)C1C2C(=O)N(COC(=O)C(Cc4ccccc4)NC(=O)OC(C)(C)C)C(=O)C2C31. The zero-order chi connectivity index (χ0) is 43.3. The number of hydrogen-bond acceptors (Lipinski definition) is 12. The number of imide groups is 2. The van der Waals surface area contributed by atoms with Crippen molar-refractivity contribution in [3.05, 3.63) is 83.9 Å². The molecule has 10 unspecified atom stereocenters. The number of hydrogen-bond donors (Lipinski definition) is 2. The second kappa shape index (κ2) is 16.2. The van der Waals surface area contributed by atoms with E-state index >= 15 is 0 Å². The fourth-order valence-corrected chi connectivity index (χ4v) is 9.42. The summed E-state index contributed by atoms with van der Waals surface area (Å²) in [5.74, 6) is -9.10. The van der Waals surface area contributed by atoms with Crippen molar-refractivity contribution < 1.29 is 57.3 Å². The zero-order valence-electron chi connectivity index (χ0n) is 34.3. The summed E-state index contributed by atoms with van der Waals surface area (Å²) < 4.78 is 21.7. The number of carbonyl (C=O) groups is 8. The van der Waals surface area contributed by atoms with E-state index < -0.39 is 132 Å². The molecule has 16 heteroatoms. The molecule has 4 fully saturated rings. The van der Waals surface area contributed by atoms with Gasteiger partial charge in [0.2, 0.25) is 23.6 Å². The van der Waals surface area contributed by atoms with Crippen LogP contribution >= 0.6 is 0 Å². The van der Waals surface area contributed by atoms with E-state index in [1.54, 1.807) is 102 Å². The molecule has 2 saturated heterocycles. The number of amides is 6. The van der Waals surface area contributed by atoms with Gasteiger partial charge >= 0.3 is 24.1 Å². The summed E-state index contributed by atoms with van der Waals surface area (Å²) in [6.45, 7) is 8.72. The number of alkyl carbamates (subject to hydrolysis) is 2. The molecule has 16 nitrogen and oxygen atoms in total. The van der Waals surface area contributed by atoms with E-state index in [0.717, 1.165) is 20.9 Å². The molecule has 0 radical (unpaired) electrons. The number of allylic oxidation sites excluding steroid dienone is 2. The van der Waals surface area contributed by atoms with Gasteiger partial charge in [-0.15, -0.1) is 0 Å². The van der Waals surface area contributed by atoms with Crippen molar-refractivity contribution in [2.45, 2.75) is 77.7 Å². The third-order valence-corrected chi connectivity index (χ3v) is 11.7. The summed E-state index contributed by atoms with van der Waals surface area (Å²) in [6.07, 6.45) is 2.10. The van der Waals surface area contributed by atoms with Crippen molar-refractivity contribution >= 4 is 47.8 Å². The van der Waals surface area contributed by atoms with Crippen LogP contribution < -0.4 is 10.6 Å². The number of carbonyl (C=O) groups excluding carboxylic acids is 8. The highest BCUT2D eigenvalue weighted by atomic mass is 16.6. The van der Waals surface area contributed by atoms with Gasteiger partial charge < -0.3 is 29.6 Å². The summed E-state index contributed by atoms with van der Waals surface area (Å²) in [5, 5.41) is 5.08. The van der Waals surface area contributed by atoms with Gasteiger partial charge in [0.1, 0.15) is 23.3 Å². The standard InChI is InChI=1S/C44H50N4O12/c1-43(2,3)59-41(55)45-27(19-23-13-9-7-10-14-23)39(53)57-21-47-35(49)31-25-17-18-26(32(31)36(47)50)30-29(25)33-34(30)38(52)48(37(33)51)22-58-40(54)28(20-24-15-11-8-12-16-24)46-42(56)60-44(4,5)6/h7-18,25-34H,19-22H2,1-6H3,(H,45,55)(H,46,56). The predicted molar refractivity (Wildman–Crippen MR) is 209 cm³/mol. The van der Waals surface area contributed by atoms with Crippen LogP contribution in [0.4, 0.5) is 9.59 Å². The van der Waals surface area contributed by atoms with Gasteiger partial charge in [-0.3, -0.25) is 19.2 Å². The molecule has 6 amide bonds. The number of nitrogens with one attached hydrogen (secondary N) is 2. The van der Waals surface area contributed by atoms with Gasteiger partial charge in [-0.05, 0) is 76.3 Å². The molecule has 2 N–H and O–H groups in total. The van der Waals surface area contributed by atoms with Crippen LogP contribution in [-0.4, -0.2) is 94.3 Å². The third-order valence-electron chi connectivity index (χ3n) is 11.7. The minimum atomic E-state index is -1.19. The molecular weight excluding hydrogens is 776 g/mol. The minimum absolute atomic E-state index is 0.0573. The molecule has 60 heavy (non-hydrogen) atoms. The number of likely N-dealkylation sites (tertiary alicyclic amines) is 2. The average molecular weight is 827 g/mol. The van der Waals surface area contributed by atoms with Crippen LogP contribution in [0.3, 0.4) is 0 Å². The van der Waals surface area contributed by atoms with E-state index in [1.165, 1.54) is 0 Å². The molecule has 2 bridgehead atoms. The van der Waals surface area contributed by atoms with Crippen LogP contribution in [0.1, 0.15) is 52.7 Å². The maximum Gasteiger partial charge on any atom is 0.408 e. The number of fused-ring (bicyclic) bond motifs is 1. The fraction of sp³-hybridized carbons (Fsp3) is 0.500. The summed E-state index contributed by atoms with van der Waals surface area (Å²) in [6, 6.07) is 15.5. The Hall–Kier alpha value is -6.06. The summed E-state index contributed by atoms with van der Waals surface area (Å²) in [7, 11) is 0. The molecule has 0 spiro atoms. The molecule has 10 atom stereocenters. The lowest BCUT2D eigenvalue weighted by Crippen LogP contribution is -2.63. The lowest BCUT2D eigenvalue weighted by atomic mass is 9.40. The quantitative estimate of drug-likeness (QED) is 0.137. The summed E-state index contributed by atoms with van der Waals surface area (Å²) in [4.78, 5) is 110. The van der Waals surface area contributed by atoms with Gasteiger partial charge in [-0.25, -0.2) is 29.0 Å². The number of nitrogens with zero attached hydrogens (tertiary/aromatic N) is 2. The van der Waals surface area contributed by atoms with Gasteiger partial charge in [0, 0.05) is 12.8 Å². The molecule has 2 aromatic carbocycles. The van der Waals surface area contributed by atoms with Gasteiger partial charge in [0.25, 0.3) is 0 Å². The lowest BCUT2D eigenvalue weighted by molar-refractivity contribution is -0.166. The Morgan fingerprint density at radius 1 is 0.550 bits per heavy atom. The maximum atomic E-state index is 14.0. The van der Waals surface area contributed by atoms with E-state index in [-0.39, 0.29) is 12.8 Å². The van der Waals surface area contributed by atoms with Gasteiger partial charge in [0.15, 0.2) is 13.5 Å². The highest BCUT2D eigenvalue weighted by molar-refractivity contribution is 6.09. The second-order valence-electron chi connectivity index (χ2n) is 18.0. The molecule has 4 aliphatic carbocycles. The number of esters is 2. The molecule has 2 aromatic rings. The fourth-order valence-electron chi connectivity index (χ4n) is 9.42. The highest BCUT2D eigenvalue weighted by Gasteiger charge is 2.75. The predicted octanol–water partition coefficient (Wildman–Crippen LogP) is 3.52. The Morgan fingerprint density at radius 3 is 1.22 bits per heavy atom. The van der Waals surface area contributed by atoms with Crippen LogP contribution in [0.5, 0.6) is 0 Å². The van der Waals surface area contributed by atoms with Crippen molar-refractivity contribution in [3.63, 3.8) is 0 Å². The minimum Gasteiger partial charge on any atom is -0.444 e. The van der Waals surface area contributed by atoms with Crippen molar-refractivity contribution in [3.8, 4) is 0 Å². The first-order valence-corrected chi connectivity index (χ1v) is 20.1. The van der Waals surface area contributed by atoms with Crippen molar-refractivity contribution in [2.75, 3.05) is 13.5 Å². The van der Waals surface area contributed by atoms with Crippen LogP contribution in [0.25, 0.3) is 0 Å². The first-order chi connectivity index (χ1) is 28.3. The maximum absolute atomic E-state index is 14.0. The lowest BCUT2D eigenvalue weighted by Gasteiger charge is -2.60. The van der Waals surface area contributed by atoms with E-state index in [2.05, 4.69) is 10.6 Å². The molecule has 2 heterocycles. The Kier molecular flexibility index (Phi) is 11.3. The highest BCUT2D eigenvalue weighted by Crippen LogP contribution is 2.68. The first kappa shape index (κ1) is 42.1. The van der Waals surface area contributed by atoms with Crippen LogP contribution in [0.2, 0.25) is 0 Å². The largest absolute Gasteiger partial charge is 0.444 e. The first-order valence-electron chi connectivity index (χ1n) is 20.1. The van der Waals surface area contributed by atoms with Crippen molar-refractivity contribution in [1.29, 1.82) is 0 Å². The van der Waals surface area contributed by atoms with Crippen molar-refractivity contribution in [1.82, 2.24) is 20.4 Å². The normalized spacial score (nSPS) is 27.2. The molecule has 0 aromatic heterocycles. The van der Waals surface area contributed by atoms with E-state index in [9.17, 15) is 38.4 Å². The molecule has 318 valence electrons. The van der Waals surface area contributed by atoms with Gasteiger partial charge in [-0.2, -0.15) is 0 Å². The number of rotatable bonds is 12. The van der Waals surface area contributed by atoms with Crippen LogP contribution in [-0.2, 0) is 60.6 Å². The Labute approximate surface area is 347 Å². The summed E-state index contributed by atoms with van der Waals surface area (Å²) >= 11 is 0. The summed E-state index contributed by atoms with van der Waals surface area (Å²) in [5.41, 5.74) is -0.225. The number of ether oxygens (including phenoxy) is 4. The molecule has 8 rings (SSSR count). The monoisotopic (exact) mass is 826 g/mol. The van der Waals surface area contributed by atoms with E-state index in [1.807, 2.05) is 12.2 Å². The Morgan fingerprint density at radius 2 is 0.883 bits per heavy atom. The average Bonchev–Trinajstić information content (AvgIpc) is 3.53.